The molecule has 2 aliphatic heterocycles. The molecule has 0 aromatic heterocycles. The normalized spacial score (nSPS) is 22.9. The zero-order valence-electron chi connectivity index (χ0n) is 16.9. The van der Waals surface area contributed by atoms with Crippen molar-refractivity contribution >= 4 is 40.9 Å². The quantitative estimate of drug-likeness (QED) is 0.365. The van der Waals surface area contributed by atoms with Gasteiger partial charge in [-0.25, -0.2) is 0 Å². The van der Waals surface area contributed by atoms with Crippen molar-refractivity contribution in [1.29, 1.82) is 0 Å². The van der Waals surface area contributed by atoms with Crippen molar-refractivity contribution in [2.24, 2.45) is 0 Å². The third kappa shape index (κ3) is 3.49. The SMILES string of the molecule is C=CCN1C(=O)/C(=C\c2ccc3c(c2)[C@H](C)CC(C)(C)N3CC)C(=O)NC1=S. The number of hydrogen-bond acceptors (Lipinski definition) is 4. The molecule has 6 heteroatoms. The Balaban J connectivity index is 2.00. The Kier molecular flexibility index (Phi) is 5.44. The first-order valence-electron chi connectivity index (χ1n) is 9.61. The lowest BCUT2D eigenvalue weighted by atomic mass is 9.79. The van der Waals surface area contributed by atoms with Crippen molar-refractivity contribution in [1.82, 2.24) is 10.2 Å². The van der Waals surface area contributed by atoms with E-state index in [0.717, 1.165) is 18.5 Å². The summed E-state index contributed by atoms with van der Waals surface area (Å²) in [5.74, 6) is -0.458. The van der Waals surface area contributed by atoms with Crippen molar-refractivity contribution < 1.29 is 9.59 Å². The van der Waals surface area contributed by atoms with E-state index in [1.54, 1.807) is 12.2 Å². The van der Waals surface area contributed by atoms with Crippen LogP contribution in [0.5, 0.6) is 0 Å². The number of carbonyl (C=O) groups excluding carboxylic acids is 2. The Hall–Kier alpha value is -2.47. The highest BCUT2D eigenvalue weighted by Gasteiger charge is 2.36. The molecule has 1 aromatic rings. The molecule has 28 heavy (non-hydrogen) atoms. The topological polar surface area (TPSA) is 52.7 Å². The van der Waals surface area contributed by atoms with Crippen LogP contribution in [0.2, 0.25) is 0 Å². The van der Waals surface area contributed by atoms with Crippen LogP contribution >= 0.6 is 12.2 Å². The standard InChI is InChI=1S/C22H27N3O2S/c1-6-10-24-20(27)17(19(26)23-21(24)28)12-15-8-9-18-16(11-15)14(3)13-22(4,5)25(18)7-2/h6,8-9,11-12,14H,1,7,10,13H2,2-5H3,(H,23,26,28)/b17-12-/t14-/m1/s1. The van der Waals surface area contributed by atoms with Crippen LogP contribution in [-0.2, 0) is 9.59 Å². The lowest BCUT2D eigenvalue weighted by Crippen LogP contribution is -2.53. The van der Waals surface area contributed by atoms with Crippen LogP contribution in [0.3, 0.4) is 0 Å². The average molecular weight is 398 g/mol. The lowest BCUT2D eigenvalue weighted by Gasteiger charge is -2.47. The first-order valence-corrected chi connectivity index (χ1v) is 10.0. The molecule has 2 amide bonds. The van der Waals surface area contributed by atoms with Gasteiger partial charge in [-0.1, -0.05) is 19.1 Å². The summed E-state index contributed by atoms with van der Waals surface area (Å²) in [5, 5.41) is 2.70. The summed E-state index contributed by atoms with van der Waals surface area (Å²) in [6, 6.07) is 6.16. The highest BCUT2D eigenvalue weighted by molar-refractivity contribution is 7.80. The molecule has 2 aliphatic rings. The summed E-state index contributed by atoms with van der Waals surface area (Å²) in [7, 11) is 0. The fourth-order valence-electron chi connectivity index (χ4n) is 4.35. The van der Waals surface area contributed by atoms with Crippen LogP contribution in [0, 0.1) is 0 Å². The molecule has 0 spiro atoms. The number of rotatable bonds is 4. The molecule has 1 aromatic carbocycles. The minimum Gasteiger partial charge on any atom is -0.366 e. The summed E-state index contributed by atoms with van der Waals surface area (Å²) in [6.45, 7) is 13.8. The zero-order valence-corrected chi connectivity index (χ0v) is 17.7. The van der Waals surface area contributed by atoms with Gasteiger partial charge in [0.05, 0.1) is 0 Å². The number of carbonyl (C=O) groups is 2. The number of thiocarbonyl (C=S) groups is 1. The number of nitrogens with zero attached hydrogens (tertiary/aromatic N) is 2. The van der Waals surface area contributed by atoms with Crippen LogP contribution in [0.1, 0.15) is 51.2 Å². The fraction of sp³-hybridized carbons (Fsp3) is 0.409. The van der Waals surface area contributed by atoms with Gasteiger partial charge in [0.1, 0.15) is 5.57 Å². The van der Waals surface area contributed by atoms with Gasteiger partial charge in [0.2, 0.25) is 0 Å². The maximum absolute atomic E-state index is 12.7. The first-order chi connectivity index (χ1) is 13.2. The Labute approximate surface area is 172 Å². The molecular formula is C22H27N3O2S. The van der Waals surface area contributed by atoms with Gasteiger partial charge in [-0.2, -0.15) is 0 Å². The Morgan fingerprint density at radius 1 is 1.36 bits per heavy atom. The van der Waals surface area contributed by atoms with Crippen LogP contribution in [-0.4, -0.2) is 40.5 Å². The van der Waals surface area contributed by atoms with Crippen molar-refractivity contribution in [3.05, 3.63) is 47.6 Å². The molecule has 1 saturated heterocycles. The second-order valence-corrected chi connectivity index (χ2v) is 8.39. The van der Waals surface area contributed by atoms with E-state index in [4.69, 9.17) is 12.2 Å². The van der Waals surface area contributed by atoms with Gasteiger partial charge in [-0.15, -0.1) is 6.58 Å². The molecular weight excluding hydrogens is 370 g/mol. The minimum atomic E-state index is -0.461. The summed E-state index contributed by atoms with van der Waals surface area (Å²) in [6.07, 6.45) is 4.29. The third-order valence-electron chi connectivity index (χ3n) is 5.53. The van der Waals surface area contributed by atoms with E-state index in [1.807, 2.05) is 6.07 Å². The number of fused-ring (bicyclic) bond motifs is 1. The smallest absolute Gasteiger partial charge is 0.265 e. The van der Waals surface area contributed by atoms with Crippen molar-refractivity contribution in [2.45, 2.75) is 45.6 Å². The van der Waals surface area contributed by atoms with Gasteiger partial charge in [0, 0.05) is 24.3 Å². The van der Waals surface area contributed by atoms with E-state index >= 15 is 0 Å². The summed E-state index contributed by atoms with van der Waals surface area (Å²) < 4.78 is 0. The molecule has 0 unspecified atom stereocenters. The number of benzene rings is 1. The summed E-state index contributed by atoms with van der Waals surface area (Å²) in [4.78, 5) is 28.9. The van der Waals surface area contributed by atoms with Crippen molar-refractivity contribution in [3.63, 3.8) is 0 Å². The van der Waals surface area contributed by atoms with E-state index in [2.05, 4.69) is 56.6 Å². The van der Waals surface area contributed by atoms with Gasteiger partial charge in [-0.05, 0) is 74.7 Å². The molecule has 1 fully saturated rings. The minimum absolute atomic E-state index is 0.0894. The van der Waals surface area contributed by atoms with E-state index in [-0.39, 0.29) is 22.8 Å². The van der Waals surface area contributed by atoms with E-state index in [0.29, 0.717) is 5.92 Å². The number of amides is 2. The highest BCUT2D eigenvalue weighted by Crippen LogP contribution is 2.43. The second-order valence-electron chi connectivity index (χ2n) is 8.00. The Morgan fingerprint density at radius 3 is 2.71 bits per heavy atom. The van der Waals surface area contributed by atoms with E-state index < -0.39 is 11.8 Å². The molecule has 0 saturated carbocycles. The molecule has 0 radical (unpaired) electrons. The van der Waals surface area contributed by atoms with Crippen LogP contribution in [0.4, 0.5) is 5.69 Å². The molecule has 148 valence electrons. The van der Waals surface area contributed by atoms with Crippen LogP contribution in [0.25, 0.3) is 6.08 Å². The lowest BCUT2D eigenvalue weighted by molar-refractivity contribution is -0.128. The maximum Gasteiger partial charge on any atom is 0.265 e. The zero-order chi connectivity index (χ0) is 20.6. The molecule has 1 atom stereocenters. The number of hydrogen-bond donors (Lipinski definition) is 1. The monoisotopic (exact) mass is 397 g/mol. The molecule has 1 N–H and O–H groups in total. The molecule has 5 nitrogen and oxygen atoms in total. The van der Waals surface area contributed by atoms with Gasteiger partial charge in [0.15, 0.2) is 5.11 Å². The largest absolute Gasteiger partial charge is 0.366 e. The fourth-order valence-corrected chi connectivity index (χ4v) is 4.60. The Bertz CT molecular complexity index is 888. The molecule has 0 aliphatic carbocycles. The third-order valence-corrected chi connectivity index (χ3v) is 5.86. The second kappa shape index (κ2) is 7.51. The van der Waals surface area contributed by atoms with Gasteiger partial charge < -0.3 is 4.90 Å². The summed E-state index contributed by atoms with van der Waals surface area (Å²) in [5.41, 5.74) is 3.50. The molecule has 0 bridgehead atoms. The predicted molar refractivity (Wildman–Crippen MR) is 117 cm³/mol. The van der Waals surface area contributed by atoms with E-state index in [9.17, 15) is 9.59 Å². The Morgan fingerprint density at radius 2 is 2.07 bits per heavy atom. The van der Waals surface area contributed by atoms with E-state index in [1.165, 1.54) is 16.2 Å². The van der Waals surface area contributed by atoms with Gasteiger partial charge in [-0.3, -0.25) is 19.8 Å². The van der Waals surface area contributed by atoms with Crippen molar-refractivity contribution in [2.75, 3.05) is 18.0 Å². The average Bonchev–Trinajstić information content (AvgIpc) is 2.62. The summed E-state index contributed by atoms with van der Waals surface area (Å²) >= 11 is 5.10. The molecule has 3 rings (SSSR count). The number of nitrogens with one attached hydrogen (secondary N) is 1. The first kappa shape index (κ1) is 20.3. The van der Waals surface area contributed by atoms with Gasteiger partial charge in [0.25, 0.3) is 11.8 Å². The molecule has 2 heterocycles. The van der Waals surface area contributed by atoms with Crippen LogP contribution in [0.15, 0.2) is 36.4 Å². The van der Waals surface area contributed by atoms with Crippen molar-refractivity contribution in [3.8, 4) is 0 Å². The van der Waals surface area contributed by atoms with Crippen LogP contribution < -0.4 is 10.2 Å². The predicted octanol–water partition coefficient (Wildman–Crippen LogP) is 3.61. The maximum atomic E-state index is 12.7. The van der Waals surface area contributed by atoms with Gasteiger partial charge >= 0.3 is 0 Å². The highest BCUT2D eigenvalue weighted by atomic mass is 32.1. The number of anilines is 1.